The van der Waals surface area contributed by atoms with Crippen LogP contribution in [0.4, 0.5) is 0 Å². The number of ether oxygens (including phenoxy) is 1. The maximum absolute atomic E-state index is 11.8. The average Bonchev–Trinajstić information content (AvgIpc) is 2.52. The molecule has 0 aliphatic carbocycles. The minimum atomic E-state index is -0.190. The molecule has 0 bridgehead atoms. The van der Waals surface area contributed by atoms with Gasteiger partial charge in [-0.15, -0.1) is 0 Å². The maximum Gasteiger partial charge on any atom is 0.251 e. The van der Waals surface area contributed by atoms with Crippen LogP contribution in [0.25, 0.3) is 10.4 Å². The molecule has 0 aliphatic heterocycles. The van der Waals surface area contributed by atoms with E-state index in [4.69, 9.17) is 10.3 Å². The Bertz CT molecular complexity index is 497. The van der Waals surface area contributed by atoms with Crippen molar-refractivity contribution in [2.75, 3.05) is 26.2 Å². The zero-order valence-electron chi connectivity index (χ0n) is 11.5. The van der Waals surface area contributed by atoms with Gasteiger partial charge in [0.2, 0.25) is 6.41 Å². The van der Waals surface area contributed by atoms with Gasteiger partial charge in [0.1, 0.15) is 12.4 Å². The molecule has 0 aromatic heterocycles. The Hall–Kier alpha value is -2.73. The van der Waals surface area contributed by atoms with E-state index in [1.165, 1.54) is 0 Å². The standard InChI is InChI=1S/C13H17N5O3/c14-18-17-7-1-6-16-13(20)11-2-4-12(5-3-11)21-9-8-15-10-19/h2-5,10H,1,6-9H2,(H,15,19)(H,16,20). The van der Waals surface area contributed by atoms with Crippen LogP contribution in [0.3, 0.4) is 0 Å². The minimum Gasteiger partial charge on any atom is -0.492 e. The van der Waals surface area contributed by atoms with Crippen LogP contribution in [0.1, 0.15) is 16.8 Å². The van der Waals surface area contributed by atoms with E-state index in [1.807, 2.05) is 0 Å². The Balaban J connectivity index is 2.33. The van der Waals surface area contributed by atoms with E-state index >= 15 is 0 Å². The second-order valence-electron chi connectivity index (χ2n) is 4.01. The zero-order valence-corrected chi connectivity index (χ0v) is 11.5. The maximum atomic E-state index is 11.8. The Morgan fingerprint density at radius 2 is 2.10 bits per heavy atom. The predicted octanol–water partition coefficient (Wildman–Crippen LogP) is 1.24. The fourth-order valence-corrected chi connectivity index (χ4v) is 1.49. The molecule has 8 heteroatoms. The molecule has 8 nitrogen and oxygen atoms in total. The van der Waals surface area contributed by atoms with Crippen molar-refractivity contribution in [2.45, 2.75) is 6.42 Å². The number of azide groups is 1. The quantitative estimate of drug-likeness (QED) is 0.222. The number of nitrogens with one attached hydrogen (secondary N) is 2. The number of rotatable bonds is 10. The van der Waals surface area contributed by atoms with Gasteiger partial charge in [-0.3, -0.25) is 9.59 Å². The number of nitrogens with zero attached hydrogens (tertiary/aromatic N) is 3. The predicted molar refractivity (Wildman–Crippen MR) is 77.0 cm³/mol. The van der Waals surface area contributed by atoms with Gasteiger partial charge >= 0.3 is 0 Å². The molecule has 0 spiro atoms. The van der Waals surface area contributed by atoms with Crippen LogP contribution >= 0.6 is 0 Å². The Kier molecular flexibility index (Phi) is 7.86. The third-order valence-electron chi connectivity index (χ3n) is 2.50. The number of hydrogen-bond donors (Lipinski definition) is 2. The first-order chi connectivity index (χ1) is 10.3. The summed E-state index contributed by atoms with van der Waals surface area (Å²) in [7, 11) is 0. The van der Waals surface area contributed by atoms with Gasteiger partial charge in [0.05, 0.1) is 6.54 Å². The van der Waals surface area contributed by atoms with Gasteiger partial charge in [0.25, 0.3) is 5.91 Å². The van der Waals surface area contributed by atoms with Crippen molar-refractivity contribution in [2.24, 2.45) is 5.11 Å². The molecule has 0 saturated heterocycles. The van der Waals surface area contributed by atoms with Crippen molar-refractivity contribution in [1.29, 1.82) is 0 Å². The third kappa shape index (κ3) is 6.84. The lowest BCUT2D eigenvalue weighted by Crippen LogP contribution is -2.24. The Labute approximate surface area is 122 Å². The molecular weight excluding hydrogens is 274 g/mol. The summed E-state index contributed by atoms with van der Waals surface area (Å²) in [6.45, 7) is 1.60. The first-order valence-electron chi connectivity index (χ1n) is 6.47. The Morgan fingerprint density at radius 1 is 1.33 bits per heavy atom. The normalized spacial score (nSPS) is 9.33. The summed E-state index contributed by atoms with van der Waals surface area (Å²) in [5, 5.41) is 8.59. The van der Waals surface area contributed by atoms with Gasteiger partial charge < -0.3 is 15.4 Å². The number of benzene rings is 1. The molecule has 0 radical (unpaired) electrons. The molecule has 2 N–H and O–H groups in total. The van der Waals surface area contributed by atoms with E-state index in [9.17, 15) is 9.59 Å². The van der Waals surface area contributed by atoms with E-state index in [0.717, 1.165) is 0 Å². The average molecular weight is 291 g/mol. The zero-order chi connectivity index (χ0) is 15.3. The highest BCUT2D eigenvalue weighted by atomic mass is 16.5. The highest BCUT2D eigenvalue weighted by molar-refractivity contribution is 5.94. The fourth-order valence-electron chi connectivity index (χ4n) is 1.49. The number of carbonyl (C=O) groups is 2. The van der Waals surface area contributed by atoms with Crippen molar-refractivity contribution >= 4 is 12.3 Å². The summed E-state index contributed by atoms with van der Waals surface area (Å²) in [6.07, 6.45) is 1.21. The molecule has 1 rings (SSSR count). The molecule has 2 amide bonds. The van der Waals surface area contributed by atoms with Crippen LogP contribution in [0.5, 0.6) is 5.75 Å². The lowest BCUT2D eigenvalue weighted by Gasteiger charge is -2.07. The second-order valence-corrected chi connectivity index (χ2v) is 4.01. The molecule has 112 valence electrons. The van der Waals surface area contributed by atoms with Crippen LogP contribution in [-0.4, -0.2) is 38.6 Å². The lowest BCUT2D eigenvalue weighted by atomic mass is 10.2. The van der Waals surface area contributed by atoms with Crippen molar-refractivity contribution in [3.8, 4) is 5.75 Å². The van der Waals surface area contributed by atoms with E-state index in [-0.39, 0.29) is 5.91 Å². The molecular formula is C13H17N5O3. The van der Waals surface area contributed by atoms with Crippen LogP contribution < -0.4 is 15.4 Å². The van der Waals surface area contributed by atoms with Gasteiger partial charge in [0.15, 0.2) is 0 Å². The van der Waals surface area contributed by atoms with E-state index in [0.29, 0.717) is 50.4 Å². The molecule has 1 aromatic carbocycles. The topological polar surface area (TPSA) is 116 Å². The SMILES string of the molecule is [N-]=[N+]=NCCCNC(=O)c1ccc(OCCNC=O)cc1. The Morgan fingerprint density at radius 3 is 2.76 bits per heavy atom. The van der Waals surface area contributed by atoms with Gasteiger partial charge in [-0.2, -0.15) is 0 Å². The first-order valence-corrected chi connectivity index (χ1v) is 6.47. The molecule has 1 aromatic rings. The van der Waals surface area contributed by atoms with Crippen LogP contribution in [-0.2, 0) is 4.79 Å². The summed E-state index contributed by atoms with van der Waals surface area (Å²) in [6, 6.07) is 6.70. The third-order valence-corrected chi connectivity index (χ3v) is 2.50. The molecule has 0 unspecified atom stereocenters. The van der Waals surface area contributed by atoms with E-state index < -0.39 is 0 Å². The molecule has 0 fully saturated rings. The first kappa shape index (κ1) is 16.3. The van der Waals surface area contributed by atoms with Crippen molar-refractivity contribution < 1.29 is 14.3 Å². The van der Waals surface area contributed by atoms with Gasteiger partial charge in [-0.1, -0.05) is 5.11 Å². The molecule has 0 aliphatic rings. The van der Waals surface area contributed by atoms with E-state index in [2.05, 4.69) is 20.7 Å². The highest BCUT2D eigenvalue weighted by Gasteiger charge is 2.04. The number of hydrogen-bond acceptors (Lipinski definition) is 4. The largest absolute Gasteiger partial charge is 0.492 e. The van der Waals surface area contributed by atoms with Gasteiger partial charge in [0, 0.05) is 23.6 Å². The van der Waals surface area contributed by atoms with Crippen LogP contribution in [0, 0.1) is 0 Å². The summed E-state index contributed by atoms with van der Waals surface area (Å²) in [5.74, 6) is 0.438. The van der Waals surface area contributed by atoms with Gasteiger partial charge in [-0.25, -0.2) is 0 Å². The molecule has 0 atom stereocenters. The summed E-state index contributed by atoms with van der Waals surface area (Å²) >= 11 is 0. The summed E-state index contributed by atoms with van der Waals surface area (Å²) in [5.41, 5.74) is 8.63. The molecule has 21 heavy (non-hydrogen) atoms. The van der Waals surface area contributed by atoms with Crippen molar-refractivity contribution in [3.05, 3.63) is 40.3 Å². The number of carbonyl (C=O) groups excluding carboxylic acids is 2. The minimum absolute atomic E-state index is 0.190. The van der Waals surface area contributed by atoms with Crippen LogP contribution in [0.2, 0.25) is 0 Å². The summed E-state index contributed by atoms with van der Waals surface area (Å²) < 4.78 is 5.37. The molecule has 0 saturated carbocycles. The monoisotopic (exact) mass is 291 g/mol. The van der Waals surface area contributed by atoms with Crippen LogP contribution in [0.15, 0.2) is 29.4 Å². The number of amides is 2. The van der Waals surface area contributed by atoms with Crippen molar-refractivity contribution in [1.82, 2.24) is 10.6 Å². The highest BCUT2D eigenvalue weighted by Crippen LogP contribution is 2.11. The summed E-state index contributed by atoms with van der Waals surface area (Å²) in [4.78, 5) is 24.5. The lowest BCUT2D eigenvalue weighted by molar-refractivity contribution is -0.109. The smallest absolute Gasteiger partial charge is 0.251 e. The van der Waals surface area contributed by atoms with Crippen molar-refractivity contribution in [3.63, 3.8) is 0 Å². The van der Waals surface area contributed by atoms with E-state index in [1.54, 1.807) is 24.3 Å². The fraction of sp³-hybridized carbons (Fsp3) is 0.385. The molecule has 0 heterocycles. The second kappa shape index (κ2) is 10.1. The van der Waals surface area contributed by atoms with Gasteiger partial charge in [-0.05, 0) is 36.2 Å².